The molecule has 0 aliphatic rings. The van der Waals surface area contributed by atoms with E-state index in [2.05, 4.69) is 74.5 Å². The van der Waals surface area contributed by atoms with E-state index in [4.69, 9.17) is 0 Å². The molecule has 2 aromatic rings. The Balaban J connectivity index is 1.90. The Labute approximate surface area is 159 Å². The molecule has 0 radical (unpaired) electrons. The Kier molecular flexibility index (Phi) is 8.61. The highest BCUT2D eigenvalue weighted by Gasteiger charge is 2.28. The maximum Gasteiger partial charge on any atom is 0.132 e. The van der Waals surface area contributed by atoms with Gasteiger partial charge in [0.1, 0.15) is 5.78 Å². The van der Waals surface area contributed by atoms with Crippen molar-refractivity contribution in [2.75, 3.05) is 0 Å². The zero-order valence-corrected chi connectivity index (χ0v) is 16.5. The fraction of sp³-hybridized carbons (Fsp3) is 0.480. The predicted molar refractivity (Wildman–Crippen MR) is 112 cm³/mol. The van der Waals surface area contributed by atoms with Crippen LogP contribution in [0.2, 0.25) is 0 Å². The van der Waals surface area contributed by atoms with Crippen LogP contribution >= 0.6 is 0 Å². The molecule has 0 saturated heterocycles. The van der Waals surface area contributed by atoms with Gasteiger partial charge in [0, 0.05) is 18.3 Å². The number of unbranched alkanes of at least 4 members (excludes halogenated alkanes) is 4. The average molecular weight is 351 g/mol. The molecule has 0 aromatic heterocycles. The van der Waals surface area contributed by atoms with Gasteiger partial charge in [-0.2, -0.15) is 0 Å². The summed E-state index contributed by atoms with van der Waals surface area (Å²) in [5, 5.41) is 0. The zero-order valence-electron chi connectivity index (χ0n) is 16.5. The van der Waals surface area contributed by atoms with Crippen molar-refractivity contribution < 1.29 is 4.79 Å². The number of ketones is 1. The third-order valence-electron chi connectivity index (χ3n) is 5.51. The number of hydrogen-bond donors (Lipinski definition) is 0. The highest BCUT2D eigenvalue weighted by Crippen LogP contribution is 2.36. The van der Waals surface area contributed by atoms with Crippen molar-refractivity contribution >= 4 is 5.78 Å². The smallest absolute Gasteiger partial charge is 0.132 e. The molecule has 0 saturated carbocycles. The zero-order chi connectivity index (χ0) is 18.7. The molecule has 26 heavy (non-hydrogen) atoms. The minimum Gasteiger partial charge on any atom is -0.300 e. The summed E-state index contributed by atoms with van der Waals surface area (Å²) in [5.41, 5.74) is 2.72. The second-order valence-corrected chi connectivity index (χ2v) is 7.62. The van der Waals surface area contributed by atoms with E-state index in [1.165, 1.54) is 30.4 Å². The standard InChI is InChI=1S/C25H34O/c1-3-4-5-12-19-24(26)20-13-14-21-25(2,22-15-8-6-9-16-22)23-17-10-7-11-18-23/h6-11,15-18H,3-5,12-14,19-21H2,1-2H3. The van der Waals surface area contributed by atoms with Crippen LogP contribution in [0.5, 0.6) is 0 Å². The lowest BCUT2D eigenvalue weighted by molar-refractivity contribution is -0.119. The second kappa shape index (κ2) is 11.0. The highest BCUT2D eigenvalue weighted by atomic mass is 16.1. The maximum absolute atomic E-state index is 12.1. The summed E-state index contributed by atoms with van der Waals surface area (Å²) in [4.78, 5) is 12.1. The first kappa shape index (κ1) is 20.4. The molecule has 1 nitrogen and oxygen atoms in total. The summed E-state index contributed by atoms with van der Waals surface area (Å²) in [6, 6.07) is 21.5. The molecule has 0 atom stereocenters. The van der Waals surface area contributed by atoms with Gasteiger partial charge in [0.2, 0.25) is 0 Å². The lowest BCUT2D eigenvalue weighted by Crippen LogP contribution is -2.23. The SMILES string of the molecule is CCCCCCC(=O)CCCCC(C)(c1ccccc1)c1ccccc1. The number of carbonyl (C=O) groups is 1. The van der Waals surface area contributed by atoms with Gasteiger partial charge in [0.15, 0.2) is 0 Å². The van der Waals surface area contributed by atoms with Crippen LogP contribution in [0.4, 0.5) is 0 Å². The minimum absolute atomic E-state index is 0.00664. The lowest BCUT2D eigenvalue weighted by atomic mass is 9.72. The summed E-state index contributed by atoms with van der Waals surface area (Å²) in [7, 11) is 0. The first-order valence-electron chi connectivity index (χ1n) is 10.3. The Morgan fingerprint density at radius 1 is 0.731 bits per heavy atom. The van der Waals surface area contributed by atoms with Gasteiger partial charge in [0.05, 0.1) is 0 Å². The van der Waals surface area contributed by atoms with E-state index in [1.807, 2.05) is 0 Å². The normalized spacial score (nSPS) is 11.5. The highest BCUT2D eigenvalue weighted by molar-refractivity contribution is 5.78. The Morgan fingerprint density at radius 2 is 1.23 bits per heavy atom. The van der Waals surface area contributed by atoms with E-state index in [1.54, 1.807) is 0 Å². The minimum atomic E-state index is 0.00664. The molecule has 0 heterocycles. The number of rotatable bonds is 12. The van der Waals surface area contributed by atoms with Gasteiger partial charge in [-0.05, 0) is 30.4 Å². The summed E-state index contributed by atoms with van der Waals surface area (Å²) in [6.07, 6.45) is 9.42. The van der Waals surface area contributed by atoms with Crippen LogP contribution in [0.25, 0.3) is 0 Å². The maximum atomic E-state index is 12.1. The van der Waals surface area contributed by atoms with Gasteiger partial charge in [-0.25, -0.2) is 0 Å². The molecule has 2 aromatic carbocycles. The van der Waals surface area contributed by atoms with Gasteiger partial charge in [-0.1, -0.05) is 100 Å². The van der Waals surface area contributed by atoms with Gasteiger partial charge in [-0.15, -0.1) is 0 Å². The molecule has 0 unspecified atom stereocenters. The quantitative estimate of drug-likeness (QED) is 0.373. The van der Waals surface area contributed by atoms with Gasteiger partial charge < -0.3 is 0 Å². The lowest BCUT2D eigenvalue weighted by Gasteiger charge is -2.31. The fourth-order valence-corrected chi connectivity index (χ4v) is 3.74. The van der Waals surface area contributed by atoms with Gasteiger partial charge in [-0.3, -0.25) is 4.79 Å². The summed E-state index contributed by atoms with van der Waals surface area (Å²) >= 11 is 0. The first-order chi connectivity index (χ1) is 12.7. The molecule has 140 valence electrons. The third-order valence-corrected chi connectivity index (χ3v) is 5.51. The molecule has 1 heteroatoms. The van der Waals surface area contributed by atoms with Crippen LogP contribution in [0, 0.1) is 0 Å². The van der Waals surface area contributed by atoms with Crippen LogP contribution < -0.4 is 0 Å². The predicted octanol–water partition coefficient (Wildman–Crippen LogP) is 7.09. The molecule has 2 rings (SSSR count). The molecular formula is C25H34O. The summed E-state index contributed by atoms with van der Waals surface area (Å²) in [6.45, 7) is 4.54. The van der Waals surface area contributed by atoms with E-state index in [9.17, 15) is 4.79 Å². The number of Topliss-reactive ketones (excluding diaryl/α,β-unsaturated/α-hetero) is 1. The Bertz CT molecular complexity index is 590. The Morgan fingerprint density at radius 3 is 1.73 bits per heavy atom. The molecular weight excluding hydrogens is 316 g/mol. The van der Waals surface area contributed by atoms with E-state index < -0.39 is 0 Å². The van der Waals surface area contributed by atoms with Crippen molar-refractivity contribution in [1.29, 1.82) is 0 Å². The molecule has 0 N–H and O–H groups in total. The third kappa shape index (κ3) is 6.12. The summed E-state index contributed by atoms with van der Waals surface area (Å²) < 4.78 is 0. The molecule has 0 aliphatic heterocycles. The van der Waals surface area contributed by atoms with Crippen molar-refractivity contribution in [1.82, 2.24) is 0 Å². The second-order valence-electron chi connectivity index (χ2n) is 7.62. The van der Waals surface area contributed by atoms with Crippen LogP contribution in [0.1, 0.15) is 82.8 Å². The molecule has 0 amide bonds. The Hall–Kier alpha value is -1.89. The monoisotopic (exact) mass is 350 g/mol. The van der Waals surface area contributed by atoms with Gasteiger partial charge in [0.25, 0.3) is 0 Å². The van der Waals surface area contributed by atoms with E-state index in [0.717, 1.165) is 38.5 Å². The average Bonchev–Trinajstić information content (AvgIpc) is 2.70. The van der Waals surface area contributed by atoms with Crippen molar-refractivity contribution in [2.45, 2.75) is 77.0 Å². The van der Waals surface area contributed by atoms with Crippen molar-refractivity contribution in [2.24, 2.45) is 0 Å². The molecule has 0 bridgehead atoms. The molecule has 0 spiro atoms. The van der Waals surface area contributed by atoms with Crippen molar-refractivity contribution in [3.05, 3.63) is 71.8 Å². The first-order valence-corrected chi connectivity index (χ1v) is 10.3. The molecule has 0 aliphatic carbocycles. The number of carbonyl (C=O) groups excluding carboxylic acids is 1. The largest absolute Gasteiger partial charge is 0.300 e. The fourth-order valence-electron chi connectivity index (χ4n) is 3.74. The summed E-state index contributed by atoms with van der Waals surface area (Å²) in [5.74, 6) is 0.447. The van der Waals surface area contributed by atoms with Gasteiger partial charge >= 0.3 is 0 Å². The van der Waals surface area contributed by atoms with Crippen molar-refractivity contribution in [3.63, 3.8) is 0 Å². The number of benzene rings is 2. The number of hydrogen-bond acceptors (Lipinski definition) is 1. The van der Waals surface area contributed by atoms with Crippen LogP contribution in [-0.2, 0) is 10.2 Å². The van der Waals surface area contributed by atoms with E-state index in [-0.39, 0.29) is 5.41 Å². The van der Waals surface area contributed by atoms with Crippen LogP contribution in [-0.4, -0.2) is 5.78 Å². The molecule has 0 fully saturated rings. The van der Waals surface area contributed by atoms with Crippen molar-refractivity contribution in [3.8, 4) is 0 Å². The van der Waals surface area contributed by atoms with Crippen LogP contribution in [0.3, 0.4) is 0 Å². The van der Waals surface area contributed by atoms with Crippen LogP contribution in [0.15, 0.2) is 60.7 Å². The van der Waals surface area contributed by atoms with E-state index >= 15 is 0 Å². The van der Waals surface area contributed by atoms with E-state index in [0.29, 0.717) is 5.78 Å². The topological polar surface area (TPSA) is 17.1 Å².